The fourth-order valence-electron chi connectivity index (χ4n) is 1.02. The van der Waals surface area contributed by atoms with Gasteiger partial charge < -0.3 is 16.5 Å². The zero-order chi connectivity index (χ0) is 8.43. The van der Waals surface area contributed by atoms with Gasteiger partial charge in [0.2, 0.25) is 0 Å². The third-order valence-electron chi connectivity index (χ3n) is 1.86. The minimum atomic E-state index is 0.0185. The molecule has 1 aromatic rings. The molecule has 0 unspecified atom stereocenters. The number of anilines is 1. The summed E-state index contributed by atoms with van der Waals surface area (Å²) in [6, 6.07) is 1.85. The lowest BCUT2D eigenvalue weighted by atomic mass is 10.0. The van der Waals surface area contributed by atoms with E-state index < -0.39 is 0 Å². The van der Waals surface area contributed by atoms with Crippen LogP contribution in [0.3, 0.4) is 0 Å². The van der Waals surface area contributed by atoms with Crippen LogP contribution in [-0.2, 0) is 0 Å². The summed E-state index contributed by atoms with van der Waals surface area (Å²) in [4.78, 5) is 3.04. The Bertz CT molecular complexity index is 227. The number of hydrogen-bond donors (Lipinski definition) is 3. The van der Waals surface area contributed by atoms with Gasteiger partial charge >= 0.3 is 0 Å². The highest BCUT2D eigenvalue weighted by Crippen LogP contribution is 2.21. The van der Waals surface area contributed by atoms with Gasteiger partial charge in [-0.15, -0.1) is 0 Å². The number of nitrogens with one attached hydrogen (secondary N) is 1. The lowest BCUT2D eigenvalue weighted by Crippen LogP contribution is -2.18. The van der Waals surface area contributed by atoms with Gasteiger partial charge in [0.25, 0.3) is 0 Å². The Morgan fingerprint density at radius 3 is 2.45 bits per heavy atom. The van der Waals surface area contributed by atoms with Crippen molar-refractivity contribution in [1.29, 1.82) is 0 Å². The number of nitrogens with two attached hydrogens (primary N) is 2. The van der Waals surface area contributed by atoms with Crippen LogP contribution in [0.4, 0.5) is 5.69 Å². The van der Waals surface area contributed by atoms with Gasteiger partial charge in [-0.05, 0) is 12.0 Å². The second kappa shape index (κ2) is 2.96. The topological polar surface area (TPSA) is 67.8 Å². The molecule has 3 nitrogen and oxygen atoms in total. The van der Waals surface area contributed by atoms with Gasteiger partial charge in [-0.1, -0.05) is 13.8 Å². The van der Waals surface area contributed by atoms with Crippen molar-refractivity contribution >= 4 is 5.69 Å². The zero-order valence-electron chi connectivity index (χ0n) is 6.96. The minimum Gasteiger partial charge on any atom is -0.397 e. The lowest BCUT2D eigenvalue weighted by Gasteiger charge is -2.14. The quantitative estimate of drug-likeness (QED) is 0.598. The van der Waals surface area contributed by atoms with E-state index in [1.54, 1.807) is 0 Å². The van der Waals surface area contributed by atoms with Crippen LogP contribution < -0.4 is 11.5 Å². The molecule has 62 valence electrons. The van der Waals surface area contributed by atoms with Gasteiger partial charge in [0.1, 0.15) is 0 Å². The highest BCUT2D eigenvalue weighted by molar-refractivity contribution is 5.44. The van der Waals surface area contributed by atoms with Gasteiger partial charge in [-0.3, -0.25) is 0 Å². The molecule has 1 atom stereocenters. The first-order valence-corrected chi connectivity index (χ1v) is 3.81. The highest BCUT2D eigenvalue weighted by Gasteiger charge is 2.13. The summed E-state index contributed by atoms with van der Waals surface area (Å²) in [5, 5.41) is 0. The molecule has 0 aliphatic heterocycles. The zero-order valence-corrected chi connectivity index (χ0v) is 6.96. The molecule has 0 radical (unpaired) electrons. The fourth-order valence-corrected chi connectivity index (χ4v) is 1.02. The van der Waals surface area contributed by atoms with Crippen molar-refractivity contribution in [3.05, 3.63) is 18.0 Å². The van der Waals surface area contributed by atoms with Crippen LogP contribution in [-0.4, -0.2) is 4.98 Å². The van der Waals surface area contributed by atoms with Gasteiger partial charge in [0.15, 0.2) is 0 Å². The van der Waals surface area contributed by atoms with Gasteiger partial charge in [-0.25, -0.2) is 0 Å². The van der Waals surface area contributed by atoms with E-state index in [0.29, 0.717) is 5.92 Å². The Labute approximate surface area is 66.8 Å². The molecule has 0 fully saturated rings. The van der Waals surface area contributed by atoms with Crippen molar-refractivity contribution in [2.45, 2.75) is 19.9 Å². The van der Waals surface area contributed by atoms with Crippen molar-refractivity contribution < 1.29 is 0 Å². The molecule has 5 N–H and O–H groups in total. The Morgan fingerprint density at radius 1 is 1.45 bits per heavy atom. The van der Waals surface area contributed by atoms with Crippen molar-refractivity contribution in [2.24, 2.45) is 11.7 Å². The number of aromatic nitrogens is 1. The van der Waals surface area contributed by atoms with Crippen molar-refractivity contribution in [2.75, 3.05) is 5.73 Å². The molecule has 0 saturated carbocycles. The van der Waals surface area contributed by atoms with Gasteiger partial charge in [-0.2, -0.15) is 0 Å². The van der Waals surface area contributed by atoms with Crippen LogP contribution in [0.2, 0.25) is 0 Å². The molecule has 1 heterocycles. The first-order valence-electron chi connectivity index (χ1n) is 3.81. The normalized spacial score (nSPS) is 13.8. The standard InChI is InChI=1S/C8H15N3/c1-5(2)7(10)8-6(9)3-4-11-8/h3-5,7,11H,9-10H2,1-2H3/t7-/m0/s1. The van der Waals surface area contributed by atoms with Crippen LogP contribution in [0.15, 0.2) is 12.3 Å². The Morgan fingerprint density at radius 2 is 2.09 bits per heavy atom. The molecule has 0 aliphatic rings. The van der Waals surface area contributed by atoms with E-state index in [0.717, 1.165) is 11.4 Å². The van der Waals surface area contributed by atoms with Crippen LogP contribution in [0.1, 0.15) is 25.6 Å². The second-order valence-electron chi connectivity index (χ2n) is 3.12. The Hall–Kier alpha value is -0.960. The van der Waals surface area contributed by atoms with Gasteiger partial charge in [0, 0.05) is 12.2 Å². The van der Waals surface area contributed by atoms with E-state index in [9.17, 15) is 0 Å². The third kappa shape index (κ3) is 1.54. The lowest BCUT2D eigenvalue weighted by molar-refractivity contribution is 0.506. The molecule has 0 bridgehead atoms. The number of H-pyrrole nitrogens is 1. The summed E-state index contributed by atoms with van der Waals surface area (Å²) < 4.78 is 0. The number of nitrogen functional groups attached to an aromatic ring is 1. The van der Waals surface area contributed by atoms with Crippen LogP contribution >= 0.6 is 0 Å². The fraction of sp³-hybridized carbons (Fsp3) is 0.500. The smallest absolute Gasteiger partial charge is 0.0553 e. The van der Waals surface area contributed by atoms with E-state index >= 15 is 0 Å². The average Bonchev–Trinajstić information content (AvgIpc) is 2.33. The molecule has 3 heteroatoms. The highest BCUT2D eigenvalue weighted by atomic mass is 14.8. The summed E-state index contributed by atoms with van der Waals surface area (Å²) in [5.41, 5.74) is 13.2. The third-order valence-corrected chi connectivity index (χ3v) is 1.86. The van der Waals surface area contributed by atoms with E-state index in [1.165, 1.54) is 0 Å². The molecular formula is C8H15N3. The summed E-state index contributed by atoms with van der Waals surface area (Å²) in [5.74, 6) is 0.413. The molecule has 0 saturated heterocycles. The SMILES string of the molecule is CC(C)[C@H](N)c1[nH]ccc1N. The number of hydrogen-bond acceptors (Lipinski definition) is 2. The summed E-state index contributed by atoms with van der Waals surface area (Å²) in [6.45, 7) is 4.15. The van der Waals surface area contributed by atoms with E-state index in [2.05, 4.69) is 18.8 Å². The molecular weight excluding hydrogens is 138 g/mol. The maximum absolute atomic E-state index is 5.87. The minimum absolute atomic E-state index is 0.0185. The van der Waals surface area contributed by atoms with Crippen molar-refractivity contribution in [3.8, 4) is 0 Å². The maximum Gasteiger partial charge on any atom is 0.0553 e. The molecule has 1 aromatic heterocycles. The largest absolute Gasteiger partial charge is 0.397 e. The molecule has 0 aliphatic carbocycles. The summed E-state index contributed by atoms with van der Waals surface area (Å²) >= 11 is 0. The van der Waals surface area contributed by atoms with Crippen molar-refractivity contribution in [3.63, 3.8) is 0 Å². The Balaban J connectivity index is 2.84. The van der Waals surface area contributed by atoms with Crippen LogP contribution in [0.25, 0.3) is 0 Å². The average molecular weight is 153 g/mol. The van der Waals surface area contributed by atoms with E-state index in [-0.39, 0.29) is 6.04 Å². The van der Waals surface area contributed by atoms with E-state index in [1.807, 2.05) is 12.3 Å². The maximum atomic E-state index is 5.87. The Kier molecular flexibility index (Phi) is 2.19. The van der Waals surface area contributed by atoms with Crippen molar-refractivity contribution in [1.82, 2.24) is 4.98 Å². The molecule has 11 heavy (non-hydrogen) atoms. The monoisotopic (exact) mass is 153 g/mol. The molecule has 1 rings (SSSR count). The molecule has 0 amide bonds. The number of rotatable bonds is 2. The second-order valence-corrected chi connectivity index (χ2v) is 3.12. The van der Waals surface area contributed by atoms with Crippen LogP contribution in [0.5, 0.6) is 0 Å². The first-order chi connectivity index (χ1) is 5.13. The summed E-state index contributed by atoms with van der Waals surface area (Å²) in [6.07, 6.45) is 1.81. The van der Waals surface area contributed by atoms with Crippen LogP contribution in [0, 0.1) is 5.92 Å². The first kappa shape index (κ1) is 8.14. The molecule has 0 spiro atoms. The number of aromatic amines is 1. The van der Waals surface area contributed by atoms with Gasteiger partial charge in [0.05, 0.1) is 11.4 Å². The predicted molar refractivity (Wildman–Crippen MR) is 47.0 cm³/mol. The predicted octanol–water partition coefficient (Wildman–Crippen LogP) is 1.25. The molecule has 0 aromatic carbocycles. The summed E-state index contributed by atoms with van der Waals surface area (Å²) in [7, 11) is 0. The van der Waals surface area contributed by atoms with E-state index in [4.69, 9.17) is 11.5 Å².